The summed E-state index contributed by atoms with van der Waals surface area (Å²) in [5.74, 6) is 0.964. The molecule has 2 fully saturated rings. The predicted octanol–water partition coefficient (Wildman–Crippen LogP) is 3.17. The first-order valence-corrected chi connectivity index (χ1v) is 11.7. The third kappa shape index (κ3) is 5.35. The SMILES string of the molecule is CN(C)C(=O)N1CCC(c2ccc(Nc3nc(N4CCCCC4)cnc3C(N)=O)cc2)CC1. The van der Waals surface area contributed by atoms with Crippen LogP contribution in [-0.2, 0) is 0 Å². The van der Waals surface area contributed by atoms with Crippen LogP contribution in [0.3, 0.4) is 0 Å². The second-order valence-electron chi connectivity index (χ2n) is 9.02. The Morgan fingerprint density at radius 2 is 1.70 bits per heavy atom. The van der Waals surface area contributed by atoms with E-state index in [-0.39, 0.29) is 11.7 Å². The molecule has 176 valence electrons. The quantitative estimate of drug-likeness (QED) is 0.723. The van der Waals surface area contributed by atoms with Crippen LogP contribution in [0.5, 0.6) is 0 Å². The molecule has 33 heavy (non-hydrogen) atoms. The van der Waals surface area contributed by atoms with Gasteiger partial charge in [0, 0.05) is 46.0 Å². The van der Waals surface area contributed by atoms with Crippen LogP contribution >= 0.6 is 0 Å². The molecule has 3 N–H and O–H groups in total. The summed E-state index contributed by atoms with van der Waals surface area (Å²) >= 11 is 0. The Morgan fingerprint density at radius 1 is 1.03 bits per heavy atom. The maximum absolute atomic E-state index is 12.2. The number of nitrogens with zero attached hydrogens (tertiary/aromatic N) is 5. The number of rotatable bonds is 5. The second-order valence-corrected chi connectivity index (χ2v) is 9.02. The van der Waals surface area contributed by atoms with Gasteiger partial charge in [0.05, 0.1) is 6.20 Å². The summed E-state index contributed by atoms with van der Waals surface area (Å²) in [6.45, 7) is 3.42. The highest BCUT2D eigenvalue weighted by atomic mass is 16.2. The highest BCUT2D eigenvalue weighted by molar-refractivity contribution is 5.96. The van der Waals surface area contributed by atoms with Gasteiger partial charge in [-0.25, -0.2) is 14.8 Å². The summed E-state index contributed by atoms with van der Waals surface area (Å²) in [6.07, 6.45) is 7.01. The van der Waals surface area contributed by atoms with Gasteiger partial charge in [-0.2, -0.15) is 0 Å². The van der Waals surface area contributed by atoms with Gasteiger partial charge < -0.3 is 25.8 Å². The minimum Gasteiger partial charge on any atom is -0.364 e. The van der Waals surface area contributed by atoms with E-state index in [1.165, 1.54) is 12.0 Å². The lowest BCUT2D eigenvalue weighted by atomic mass is 9.89. The van der Waals surface area contributed by atoms with Gasteiger partial charge in [-0.3, -0.25) is 4.79 Å². The van der Waals surface area contributed by atoms with Crippen LogP contribution in [0.4, 0.5) is 22.1 Å². The number of nitrogens with one attached hydrogen (secondary N) is 1. The number of aromatic nitrogens is 2. The van der Waals surface area contributed by atoms with Crippen LogP contribution in [0, 0.1) is 0 Å². The van der Waals surface area contributed by atoms with Gasteiger partial charge in [0.1, 0.15) is 5.82 Å². The molecular formula is C24H33N7O2. The molecule has 2 aromatic rings. The van der Waals surface area contributed by atoms with Crippen LogP contribution in [0.2, 0.25) is 0 Å². The van der Waals surface area contributed by atoms with Crippen LogP contribution in [-0.4, -0.2) is 72.0 Å². The number of hydrogen-bond acceptors (Lipinski definition) is 6. The first-order valence-electron chi connectivity index (χ1n) is 11.7. The first kappa shape index (κ1) is 22.8. The Bertz CT molecular complexity index is 979. The van der Waals surface area contributed by atoms with Crippen LogP contribution in [0.15, 0.2) is 30.5 Å². The molecule has 3 amide bonds. The van der Waals surface area contributed by atoms with Crippen LogP contribution < -0.4 is 16.0 Å². The number of amides is 3. The average molecular weight is 452 g/mol. The molecular weight excluding hydrogens is 418 g/mol. The maximum Gasteiger partial charge on any atom is 0.319 e. The lowest BCUT2D eigenvalue weighted by Gasteiger charge is -2.33. The molecule has 0 saturated carbocycles. The zero-order chi connectivity index (χ0) is 23.4. The van der Waals surface area contributed by atoms with Gasteiger partial charge in [0.25, 0.3) is 5.91 Å². The number of primary amides is 1. The molecule has 0 spiro atoms. The van der Waals surface area contributed by atoms with Crippen molar-refractivity contribution in [3.63, 3.8) is 0 Å². The number of hydrogen-bond donors (Lipinski definition) is 2. The smallest absolute Gasteiger partial charge is 0.319 e. The molecule has 0 unspecified atom stereocenters. The van der Waals surface area contributed by atoms with Crippen molar-refractivity contribution in [2.24, 2.45) is 5.73 Å². The van der Waals surface area contributed by atoms with Gasteiger partial charge in [0.2, 0.25) is 0 Å². The maximum atomic E-state index is 12.2. The molecule has 0 radical (unpaired) electrons. The molecule has 2 aliphatic heterocycles. The summed E-state index contributed by atoms with van der Waals surface area (Å²) in [7, 11) is 3.58. The minimum atomic E-state index is -0.606. The lowest BCUT2D eigenvalue weighted by molar-refractivity contribution is 0.0996. The van der Waals surface area contributed by atoms with Crippen molar-refractivity contribution in [1.29, 1.82) is 0 Å². The van der Waals surface area contributed by atoms with Crippen LogP contribution in [0.1, 0.15) is 54.1 Å². The Kier molecular flexibility index (Phi) is 6.96. The van der Waals surface area contributed by atoms with E-state index in [2.05, 4.69) is 32.3 Å². The molecule has 1 aromatic heterocycles. The molecule has 9 heteroatoms. The van der Waals surface area contributed by atoms with Crippen molar-refractivity contribution in [1.82, 2.24) is 19.8 Å². The van der Waals surface area contributed by atoms with E-state index in [0.717, 1.165) is 63.4 Å². The Hall–Kier alpha value is -3.36. The van der Waals surface area contributed by atoms with Crippen molar-refractivity contribution in [2.45, 2.75) is 38.0 Å². The van der Waals surface area contributed by atoms with E-state index in [9.17, 15) is 9.59 Å². The first-order chi connectivity index (χ1) is 15.9. The fourth-order valence-corrected chi connectivity index (χ4v) is 4.58. The summed E-state index contributed by atoms with van der Waals surface area (Å²) in [4.78, 5) is 38.8. The largest absolute Gasteiger partial charge is 0.364 e. The number of urea groups is 1. The number of anilines is 3. The molecule has 4 rings (SSSR count). The van der Waals surface area contributed by atoms with Gasteiger partial charge in [-0.1, -0.05) is 12.1 Å². The third-order valence-electron chi connectivity index (χ3n) is 6.47. The Morgan fingerprint density at radius 3 is 2.30 bits per heavy atom. The average Bonchev–Trinajstić information content (AvgIpc) is 2.84. The van der Waals surface area contributed by atoms with E-state index in [1.54, 1.807) is 25.2 Å². The fraction of sp³-hybridized carbons (Fsp3) is 0.500. The van der Waals surface area contributed by atoms with Crippen molar-refractivity contribution >= 4 is 29.3 Å². The number of likely N-dealkylation sites (tertiary alicyclic amines) is 1. The Labute approximate surface area is 195 Å². The summed E-state index contributed by atoms with van der Waals surface area (Å²) in [6, 6.07) is 8.26. The molecule has 0 bridgehead atoms. The van der Waals surface area contributed by atoms with Gasteiger partial charge in [-0.05, 0) is 55.7 Å². The van der Waals surface area contributed by atoms with Gasteiger partial charge in [-0.15, -0.1) is 0 Å². The summed E-state index contributed by atoms with van der Waals surface area (Å²) in [5.41, 5.74) is 7.76. The highest BCUT2D eigenvalue weighted by Crippen LogP contribution is 2.30. The van der Waals surface area contributed by atoms with Crippen molar-refractivity contribution in [3.8, 4) is 0 Å². The monoisotopic (exact) mass is 451 g/mol. The third-order valence-corrected chi connectivity index (χ3v) is 6.47. The summed E-state index contributed by atoms with van der Waals surface area (Å²) < 4.78 is 0. The normalized spacial score (nSPS) is 17.0. The van der Waals surface area contributed by atoms with E-state index < -0.39 is 5.91 Å². The van der Waals surface area contributed by atoms with E-state index >= 15 is 0 Å². The highest BCUT2D eigenvalue weighted by Gasteiger charge is 2.25. The number of benzene rings is 1. The molecule has 1 aromatic carbocycles. The molecule has 2 aliphatic rings. The van der Waals surface area contributed by atoms with Crippen molar-refractivity contribution in [2.75, 3.05) is 50.5 Å². The standard InChI is InChI=1S/C24H33N7O2/c1-29(2)24(33)31-14-10-18(11-15-31)17-6-8-19(9-7-17)27-23-21(22(25)32)26-16-20(28-23)30-12-4-3-5-13-30/h6-9,16,18H,3-5,10-15H2,1-2H3,(H2,25,32)(H,27,28). The number of carbonyl (C=O) groups excluding carboxylic acids is 2. The zero-order valence-electron chi connectivity index (χ0n) is 19.5. The van der Waals surface area contributed by atoms with Gasteiger partial charge >= 0.3 is 6.03 Å². The van der Waals surface area contributed by atoms with Crippen LogP contribution in [0.25, 0.3) is 0 Å². The predicted molar refractivity (Wildman–Crippen MR) is 129 cm³/mol. The molecule has 2 saturated heterocycles. The number of carbonyl (C=O) groups is 2. The molecule has 0 atom stereocenters. The van der Waals surface area contributed by atoms with Crippen molar-refractivity contribution in [3.05, 3.63) is 41.7 Å². The fourth-order valence-electron chi connectivity index (χ4n) is 4.58. The van der Waals surface area contributed by atoms with E-state index in [4.69, 9.17) is 5.73 Å². The summed E-state index contributed by atoms with van der Waals surface area (Å²) in [5, 5.41) is 3.24. The molecule has 9 nitrogen and oxygen atoms in total. The van der Waals surface area contributed by atoms with E-state index in [1.807, 2.05) is 17.0 Å². The number of piperidine rings is 2. The van der Waals surface area contributed by atoms with Crippen molar-refractivity contribution < 1.29 is 9.59 Å². The molecule has 3 heterocycles. The zero-order valence-corrected chi connectivity index (χ0v) is 19.5. The number of nitrogens with two attached hydrogens (primary N) is 1. The minimum absolute atomic E-state index is 0.0751. The second kappa shape index (κ2) is 10.1. The topological polar surface area (TPSA) is 108 Å². The molecule has 0 aliphatic carbocycles. The Balaban J connectivity index is 1.44. The van der Waals surface area contributed by atoms with Gasteiger partial charge in [0.15, 0.2) is 11.5 Å². The lowest BCUT2D eigenvalue weighted by Crippen LogP contribution is -2.43. The van der Waals surface area contributed by atoms with E-state index in [0.29, 0.717) is 11.7 Å².